The van der Waals surface area contributed by atoms with Crippen LogP contribution in [0.1, 0.15) is 21.5 Å². The molecule has 0 saturated carbocycles. The molecular weight excluding hydrogens is 346 g/mol. The topological polar surface area (TPSA) is 100 Å². The third-order valence-corrected chi connectivity index (χ3v) is 4.19. The number of aliphatic imine (C=N–C) groups is 1. The maximum atomic E-state index is 11.4. The minimum atomic E-state index is -0.829. The third-order valence-electron chi connectivity index (χ3n) is 4.19. The molecule has 1 heterocycles. The molecule has 1 aliphatic rings. The number of carbonyl (C=O) groups is 1. The summed E-state index contributed by atoms with van der Waals surface area (Å²) in [5.74, 6) is 0.150. The first kappa shape index (κ1) is 16.6. The van der Waals surface area contributed by atoms with E-state index in [1.54, 1.807) is 30.3 Å². The van der Waals surface area contributed by atoms with Gasteiger partial charge in [0.15, 0.2) is 11.5 Å². The molecule has 4 rings (SSSR count). The fraction of sp³-hybridized carbons (Fsp3) is 0. The predicted molar refractivity (Wildman–Crippen MR) is 100 cm³/mol. The minimum Gasteiger partial charge on any atom is -0.452 e. The Kier molecular flexibility index (Phi) is 4.19. The summed E-state index contributed by atoms with van der Waals surface area (Å²) in [7, 11) is 0. The highest BCUT2D eigenvalue weighted by atomic mass is 16.5. The number of amides is 1. The van der Waals surface area contributed by atoms with E-state index in [1.807, 2.05) is 24.3 Å². The molecule has 7 heteroatoms. The molecule has 0 bridgehead atoms. The molecule has 0 radical (unpaired) electrons. The van der Waals surface area contributed by atoms with E-state index in [4.69, 9.17) is 9.73 Å². The van der Waals surface area contributed by atoms with Gasteiger partial charge in [-0.1, -0.05) is 30.3 Å². The summed E-state index contributed by atoms with van der Waals surface area (Å²) in [5, 5.41) is 11.9. The Morgan fingerprint density at radius 2 is 1.78 bits per heavy atom. The van der Waals surface area contributed by atoms with Crippen LogP contribution in [-0.2, 0) is 0 Å². The molecule has 0 saturated heterocycles. The molecule has 0 unspecified atom stereocenters. The molecule has 0 aromatic heterocycles. The van der Waals surface area contributed by atoms with Crippen molar-refractivity contribution in [2.45, 2.75) is 0 Å². The lowest BCUT2D eigenvalue weighted by molar-refractivity contribution is 0.100. The van der Waals surface area contributed by atoms with Gasteiger partial charge in [0.05, 0.1) is 5.71 Å². The largest absolute Gasteiger partial charge is 0.452 e. The first-order valence-corrected chi connectivity index (χ1v) is 8.08. The Labute approximate surface area is 153 Å². The maximum absolute atomic E-state index is 11.4. The number of anilines is 1. The number of nitroso groups, excluding NO2 is 1. The summed E-state index contributed by atoms with van der Waals surface area (Å²) in [6.07, 6.45) is 0. The minimum absolute atomic E-state index is 0.200. The number of nitrogens with one attached hydrogen (secondary N) is 1. The number of para-hydroxylation sites is 3. The predicted octanol–water partition coefficient (Wildman–Crippen LogP) is 4.67. The van der Waals surface area contributed by atoms with E-state index in [0.717, 1.165) is 0 Å². The van der Waals surface area contributed by atoms with Crippen LogP contribution in [0.15, 0.2) is 76.9 Å². The van der Waals surface area contributed by atoms with Crippen molar-refractivity contribution in [3.63, 3.8) is 0 Å². The lowest BCUT2D eigenvalue weighted by Crippen LogP contribution is -2.06. The van der Waals surface area contributed by atoms with Gasteiger partial charge in [-0.15, -0.1) is 4.91 Å². The molecule has 1 aliphatic heterocycles. The van der Waals surface area contributed by atoms with Gasteiger partial charge in [0, 0.05) is 21.9 Å². The summed E-state index contributed by atoms with van der Waals surface area (Å²) in [6.45, 7) is 0. The zero-order valence-electron chi connectivity index (χ0n) is 13.9. The maximum Gasteiger partial charge on any atom is 0.316 e. The van der Waals surface area contributed by atoms with Crippen molar-refractivity contribution in [2.75, 3.05) is 5.48 Å². The molecule has 1 amide bonds. The van der Waals surface area contributed by atoms with E-state index in [1.165, 1.54) is 12.1 Å². The van der Waals surface area contributed by atoms with E-state index in [2.05, 4.69) is 10.7 Å². The van der Waals surface area contributed by atoms with Crippen LogP contribution in [0.5, 0.6) is 11.5 Å². The molecule has 2 N–H and O–H groups in total. The number of hydrogen-bond acceptors (Lipinski definition) is 6. The van der Waals surface area contributed by atoms with E-state index in [0.29, 0.717) is 39.7 Å². The van der Waals surface area contributed by atoms with E-state index in [9.17, 15) is 14.9 Å². The van der Waals surface area contributed by atoms with Crippen LogP contribution in [0.2, 0.25) is 0 Å². The van der Waals surface area contributed by atoms with Gasteiger partial charge in [0.2, 0.25) is 0 Å². The summed E-state index contributed by atoms with van der Waals surface area (Å²) in [6, 6.07) is 19.0. The van der Waals surface area contributed by atoms with Gasteiger partial charge in [0.25, 0.3) is 0 Å². The number of benzene rings is 3. The van der Waals surface area contributed by atoms with Crippen molar-refractivity contribution in [2.24, 2.45) is 10.2 Å². The molecule has 0 spiro atoms. The smallest absolute Gasteiger partial charge is 0.316 e. The second-order valence-corrected chi connectivity index (χ2v) is 5.80. The highest BCUT2D eigenvalue weighted by Gasteiger charge is 2.22. The first-order chi connectivity index (χ1) is 13.2. The van der Waals surface area contributed by atoms with Gasteiger partial charge >= 0.3 is 5.91 Å². The molecule has 3 aromatic rings. The van der Waals surface area contributed by atoms with Crippen molar-refractivity contribution in [1.82, 2.24) is 0 Å². The summed E-state index contributed by atoms with van der Waals surface area (Å²) in [5.41, 5.74) is 5.35. The highest BCUT2D eigenvalue weighted by Crippen LogP contribution is 2.42. The van der Waals surface area contributed by atoms with Crippen molar-refractivity contribution in [3.8, 4) is 11.5 Å². The zero-order chi connectivity index (χ0) is 18.8. The molecule has 0 atom stereocenters. The molecular formula is C20H13N3O4. The monoisotopic (exact) mass is 359 g/mol. The van der Waals surface area contributed by atoms with Crippen LogP contribution in [0, 0.1) is 4.91 Å². The Balaban J connectivity index is 1.92. The molecule has 132 valence electrons. The number of carbonyl (C=O) groups excluding carboxylic acids is 1. The second kappa shape index (κ2) is 6.81. The van der Waals surface area contributed by atoms with Crippen LogP contribution in [-0.4, -0.2) is 16.8 Å². The van der Waals surface area contributed by atoms with E-state index < -0.39 is 5.91 Å². The highest BCUT2D eigenvalue weighted by molar-refractivity contribution is 6.17. The van der Waals surface area contributed by atoms with Crippen LogP contribution in [0.3, 0.4) is 0 Å². The summed E-state index contributed by atoms with van der Waals surface area (Å²) < 4.78 is 6.01. The summed E-state index contributed by atoms with van der Waals surface area (Å²) >= 11 is 0. The van der Waals surface area contributed by atoms with Crippen molar-refractivity contribution in [1.29, 1.82) is 0 Å². The van der Waals surface area contributed by atoms with Crippen LogP contribution < -0.4 is 10.2 Å². The second-order valence-electron chi connectivity index (χ2n) is 5.80. The Morgan fingerprint density at radius 3 is 2.52 bits per heavy atom. The first-order valence-electron chi connectivity index (χ1n) is 8.08. The average molecular weight is 359 g/mol. The van der Waals surface area contributed by atoms with Gasteiger partial charge in [-0.2, -0.15) is 0 Å². The number of nitrogens with zero attached hydrogens (tertiary/aromatic N) is 2. The Bertz CT molecular complexity index is 1070. The van der Waals surface area contributed by atoms with Gasteiger partial charge in [-0.05, 0) is 36.4 Å². The fourth-order valence-corrected chi connectivity index (χ4v) is 2.89. The third kappa shape index (κ3) is 2.96. The molecule has 3 aromatic carbocycles. The molecule has 0 fully saturated rings. The number of hydrogen-bond donors (Lipinski definition) is 2. The van der Waals surface area contributed by atoms with Crippen LogP contribution in [0.25, 0.3) is 0 Å². The normalized spacial score (nSPS) is 12.0. The van der Waals surface area contributed by atoms with E-state index in [-0.39, 0.29) is 5.56 Å². The quantitative estimate of drug-likeness (QED) is 0.409. The lowest BCUT2D eigenvalue weighted by atomic mass is 9.99. The van der Waals surface area contributed by atoms with Crippen molar-refractivity contribution in [3.05, 3.63) is 88.3 Å². The van der Waals surface area contributed by atoms with Gasteiger partial charge in [-0.25, -0.2) is 4.99 Å². The number of fused-ring (bicyclic) bond motifs is 2. The zero-order valence-corrected chi connectivity index (χ0v) is 13.9. The standard InChI is InChI=1S/C20H13N3O4/c24-20(23-26)13-10-8-12(9-11-13)18-14-4-3-6-16(22-25)19(14)27-17-7-2-1-5-15(17)21-18/h1-11,22,25H. The molecule has 27 heavy (non-hydrogen) atoms. The van der Waals surface area contributed by atoms with Crippen LogP contribution >= 0.6 is 0 Å². The molecule has 0 aliphatic carbocycles. The lowest BCUT2D eigenvalue weighted by Gasteiger charge is -2.13. The van der Waals surface area contributed by atoms with Crippen LogP contribution in [0.4, 0.5) is 11.4 Å². The Hall–Kier alpha value is -3.84. The van der Waals surface area contributed by atoms with Gasteiger partial charge in [0.1, 0.15) is 11.4 Å². The Morgan fingerprint density at radius 1 is 1.00 bits per heavy atom. The van der Waals surface area contributed by atoms with Crippen molar-refractivity contribution >= 4 is 23.0 Å². The average Bonchev–Trinajstić information content (AvgIpc) is 2.90. The molecule has 7 nitrogen and oxygen atoms in total. The number of rotatable bonds is 3. The van der Waals surface area contributed by atoms with E-state index >= 15 is 0 Å². The summed E-state index contributed by atoms with van der Waals surface area (Å²) in [4.78, 5) is 26.6. The van der Waals surface area contributed by atoms with Gasteiger partial charge in [-0.3, -0.25) is 15.5 Å². The fourth-order valence-electron chi connectivity index (χ4n) is 2.89. The SMILES string of the molecule is O=NC(=O)c1ccc(C2=Nc3ccccc3Oc3c(NO)cccc32)cc1. The number of ether oxygens (including phenoxy) is 1. The van der Waals surface area contributed by atoms with Crippen molar-refractivity contribution < 1.29 is 14.7 Å². The van der Waals surface area contributed by atoms with Gasteiger partial charge < -0.3 is 4.74 Å².